The predicted molar refractivity (Wildman–Crippen MR) is 158 cm³/mol. The van der Waals surface area contributed by atoms with Gasteiger partial charge in [-0.1, -0.05) is 103 Å². The summed E-state index contributed by atoms with van der Waals surface area (Å²) in [4.78, 5) is 9.90. The minimum Gasteiger partial charge on any atom is -0.384 e. The number of methoxy groups -OCH3 is 1. The molecule has 0 aliphatic carbocycles. The van der Waals surface area contributed by atoms with Crippen molar-refractivity contribution >= 4 is 17.7 Å². The van der Waals surface area contributed by atoms with Gasteiger partial charge in [0, 0.05) is 13.0 Å². The van der Waals surface area contributed by atoms with Crippen LogP contribution in [0.25, 0.3) is 0 Å². The third-order valence-electron chi connectivity index (χ3n) is 6.69. The van der Waals surface area contributed by atoms with Gasteiger partial charge in [0.05, 0.1) is 45.9 Å². The summed E-state index contributed by atoms with van der Waals surface area (Å²) >= 11 is 0. The standard InChI is InChI=1S/C28H60NO7PS/c1-6-7-8-9-10-11-12-13-14-15-16-17-18-19-20-21-24-38(32,33)27-28(25-34-5)26-36-37(30,31)35-23-22-29(2,3)4/h28H,6-27H2,1-5H3/p+1. The summed E-state index contributed by atoms with van der Waals surface area (Å²) in [6, 6.07) is 0. The van der Waals surface area contributed by atoms with Gasteiger partial charge in [-0.15, -0.1) is 0 Å². The smallest absolute Gasteiger partial charge is 0.384 e. The summed E-state index contributed by atoms with van der Waals surface area (Å²) in [5, 5.41) is 0. The highest BCUT2D eigenvalue weighted by atomic mass is 32.2. The Balaban J connectivity index is 3.92. The molecule has 0 amide bonds. The maximum absolute atomic E-state index is 12.6. The van der Waals surface area contributed by atoms with E-state index in [9.17, 15) is 17.9 Å². The molecule has 0 aliphatic heterocycles. The maximum Gasteiger partial charge on any atom is 0.472 e. The number of hydrogen-bond acceptors (Lipinski definition) is 6. The van der Waals surface area contributed by atoms with Crippen LogP contribution in [0.5, 0.6) is 0 Å². The van der Waals surface area contributed by atoms with Crippen molar-refractivity contribution in [2.24, 2.45) is 5.92 Å². The van der Waals surface area contributed by atoms with Crippen molar-refractivity contribution in [3.63, 3.8) is 0 Å². The van der Waals surface area contributed by atoms with Gasteiger partial charge in [0.2, 0.25) is 0 Å². The van der Waals surface area contributed by atoms with Gasteiger partial charge in [0.15, 0.2) is 9.84 Å². The van der Waals surface area contributed by atoms with Gasteiger partial charge in [-0.05, 0) is 6.42 Å². The number of hydrogen-bond donors (Lipinski definition) is 1. The zero-order valence-electron chi connectivity index (χ0n) is 25.3. The van der Waals surface area contributed by atoms with Crippen molar-refractivity contribution < 1.29 is 36.1 Å². The number of ether oxygens (including phenoxy) is 1. The largest absolute Gasteiger partial charge is 0.472 e. The van der Waals surface area contributed by atoms with E-state index >= 15 is 0 Å². The molecule has 2 unspecified atom stereocenters. The van der Waals surface area contributed by atoms with E-state index in [-0.39, 0.29) is 31.3 Å². The molecule has 0 aromatic rings. The lowest BCUT2D eigenvalue weighted by Gasteiger charge is -2.24. The Kier molecular flexibility index (Phi) is 22.6. The van der Waals surface area contributed by atoms with E-state index in [1.807, 2.05) is 21.1 Å². The first-order chi connectivity index (χ1) is 17.9. The fourth-order valence-electron chi connectivity index (χ4n) is 4.36. The molecular weight excluding hydrogens is 525 g/mol. The Morgan fingerprint density at radius 2 is 1.18 bits per heavy atom. The van der Waals surface area contributed by atoms with E-state index in [1.165, 1.54) is 84.2 Å². The van der Waals surface area contributed by atoms with Crippen LogP contribution in [0.1, 0.15) is 110 Å². The van der Waals surface area contributed by atoms with Crippen LogP contribution in [0.2, 0.25) is 0 Å². The van der Waals surface area contributed by atoms with E-state index in [1.54, 1.807) is 0 Å². The van der Waals surface area contributed by atoms with Crippen LogP contribution in [0, 0.1) is 5.92 Å². The minimum absolute atomic E-state index is 0.0732. The van der Waals surface area contributed by atoms with Crippen molar-refractivity contribution in [1.82, 2.24) is 0 Å². The third kappa shape index (κ3) is 26.2. The molecule has 0 rings (SSSR count). The van der Waals surface area contributed by atoms with Crippen LogP contribution in [0.3, 0.4) is 0 Å². The molecule has 0 aromatic carbocycles. The summed E-state index contributed by atoms with van der Waals surface area (Å²) < 4.78 is 53.1. The summed E-state index contributed by atoms with van der Waals surface area (Å²) in [5.41, 5.74) is 0. The van der Waals surface area contributed by atoms with Crippen molar-refractivity contribution in [2.45, 2.75) is 110 Å². The van der Waals surface area contributed by atoms with Gasteiger partial charge in [-0.2, -0.15) is 0 Å². The number of nitrogens with zero attached hydrogens (tertiary/aromatic N) is 1. The number of sulfone groups is 1. The van der Waals surface area contributed by atoms with Crippen LogP contribution in [0.4, 0.5) is 0 Å². The lowest BCUT2D eigenvalue weighted by molar-refractivity contribution is -0.870. The number of likely N-dealkylation sites (N-methyl/N-ethyl adjacent to an activating group) is 1. The highest BCUT2D eigenvalue weighted by Gasteiger charge is 2.27. The van der Waals surface area contributed by atoms with Gasteiger partial charge in [-0.3, -0.25) is 9.05 Å². The molecule has 0 fully saturated rings. The summed E-state index contributed by atoms with van der Waals surface area (Å²) in [7, 11) is -0.211. The molecular formula is C28H61NO7PS+. The second-order valence-corrected chi connectivity index (χ2v) is 15.5. The molecule has 0 aromatic heterocycles. The Morgan fingerprint density at radius 1 is 0.737 bits per heavy atom. The van der Waals surface area contributed by atoms with Crippen molar-refractivity contribution in [1.29, 1.82) is 0 Å². The SMILES string of the molecule is CCCCCCCCCCCCCCCCCCS(=O)(=O)CC(COC)COP(=O)(O)OCC[N+](C)(C)C. The lowest BCUT2D eigenvalue weighted by atomic mass is 10.0. The molecule has 1 N–H and O–H groups in total. The molecule has 0 saturated heterocycles. The number of phosphoric ester groups is 1. The first kappa shape index (κ1) is 38.0. The molecule has 230 valence electrons. The third-order valence-corrected chi connectivity index (χ3v) is 9.56. The quantitative estimate of drug-likeness (QED) is 0.0614. The minimum atomic E-state index is -4.24. The zero-order valence-corrected chi connectivity index (χ0v) is 27.0. The Labute approximate surface area is 235 Å². The molecule has 10 heteroatoms. The molecule has 0 saturated carbocycles. The number of phosphoric acid groups is 1. The number of rotatable bonds is 28. The van der Waals surface area contributed by atoms with E-state index in [4.69, 9.17) is 13.8 Å². The topological polar surface area (TPSA) is 99.1 Å². The predicted octanol–water partition coefficient (Wildman–Crippen LogP) is 6.77. The second kappa shape index (κ2) is 22.6. The molecule has 38 heavy (non-hydrogen) atoms. The monoisotopic (exact) mass is 586 g/mol. The van der Waals surface area contributed by atoms with E-state index in [0.717, 1.165) is 19.3 Å². The number of quaternary nitrogens is 1. The fourth-order valence-corrected chi connectivity index (χ4v) is 6.87. The van der Waals surface area contributed by atoms with Crippen LogP contribution >= 0.6 is 7.82 Å². The Hall–Kier alpha value is -0.0200. The maximum atomic E-state index is 12.6. The van der Waals surface area contributed by atoms with Gasteiger partial charge < -0.3 is 14.1 Å². The molecule has 0 radical (unpaired) electrons. The van der Waals surface area contributed by atoms with Crippen LogP contribution in [-0.4, -0.2) is 83.9 Å². The first-order valence-corrected chi connectivity index (χ1v) is 18.3. The highest BCUT2D eigenvalue weighted by molar-refractivity contribution is 7.91. The van der Waals surface area contributed by atoms with Crippen molar-refractivity contribution in [3.05, 3.63) is 0 Å². The Bertz CT molecular complexity index is 698. The molecule has 0 heterocycles. The van der Waals surface area contributed by atoms with E-state index < -0.39 is 23.6 Å². The lowest BCUT2D eigenvalue weighted by Crippen LogP contribution is -2.37. The van der Waals surface area contributed by atoms with Gasteiger partial charge in [0.25, 0.3) is 0 Å². The molecule has 0 aliphatic rings. The van der Waals surface area contributed by atoms with Crippen LogP contribution in [-0.2, 0) is 28.2 Å². The number of unbranched alkanes of at least 4 members (excludes halogenated alkanes) is 15. The summed E-state index contributed by atoms with van der Waals surface area (Å²) in [6.45, 7) is 2.81. The van der Waals surface area contributed by atoms with Crippen LogP contribution < -0.4 is 0 Å². The molecule has 8 nitrogen and oxygen atoms in total. The van der Waals surface area contributed by atoms with Gasteiger partial charge in [-0.25, -0.2) is 13.0 Å². The van der Waals surface area contributed by atoms with Crippen LogP contribution in [0.15, 0.2) is 0 Å². The second-order valence-electron chi connectivity index (χ2n) is 11.9. The van der Waals surface area contributed by atoms with E-state index in [2.05, 4.69) is 6.92 Å². The Morgan fingerprint density at radius 3 is 1.61 bits per heavy atom. The molecule has 0 spiro atoms. The average Bonchev–Trinajstić information content (AvgIpc) is 2.81. The molecule has 2 atom stereocenters. The fraction of sp³-hybridized carbons (Fsp3) is 1.00. The first-order valence-electron chi connectivity index (χ1n) is 15.0. The van der Waals surface area contributed by atoms with Crippen molar-refractivity contribution in [2.75, 3.05) is 66.1 Å². The summed E-state index contributed by atoms with van der Waals surface area (Å²) in [6.07, 6.45) is 20.0. The van der Waals surface area contributed by atoms with Gasteiger partial charge in [0.1, 0.15) is 13.2 Å². The normalized spacial score (nSPS) is 15.0. The average molecular weight is 587 g/mol. The van der Waals surface area contributed by atoms with Gasteiger partial charge >= 0.3 is 7.82 Å². The van der Waals surface area contributed by atoms with Crippen molar-refractivity contribution in [3.8, 4) is 0 Å². The van der Waals surface area contributed by atoms with E-state index in [0.29, 0.717) is 17.4 Å². The zero-order chi connectivity index (χ0) is 28.8. The highest BCUT2D eigenvalue weighted by Crippen LogP contribution is 2.43. The molecule has 0 bridgehead atoms. The summed E-state index contributed by atoms with van der Waals surface area (Å²) in [5.74, 6) is -0.519.